The zero-order chi connectivity index (χ0) is 22.1. The van der Waals surface area contributed by atoms with Crippen LogP contribution in [0, 0.1) is 23.2 Å². The predicted molar refractivity (Wildman–Crippen MR) is 124 cm³/mol. The maximum absolute atomic E-state index is 10.4. The third-order valence-corrected chi connectivity index (χ3v) is 8.22. The third-order valence-electron chi connectivity index (χ3n) is 8.22. The Balaban J connectivity index is 1.74. The van der Waals surface area contributed by atoms with E-state index in [1.54, 1.807) is 0 Å². The van der Waals surface area contributed by atoms with E-state index in [4.69, 9.17) is 0 Å². The Hall–Kier alpha value is -1.16. The minimum Gasteiger partial charge on any atom is -0.393 e. The van der Waals surface area contributed by atoms with E-state index in [2.05, 4.69) is 39.2 Å². The first-order valence-electron chi connectivity index (χ1n) is 11.9. The Labute approximate surface area is 183 Å². The summed E-state index contributed by atoms with van der Waals surface area (Å²) in [7, 11) is 0. The summed E-state index contributed by atoms with van der Waals surface area (Å²) in [5.41, 5.74) is 4.64. The molecule has 0 aromatic heterocycles. The zero-order valence-corrected chi connectivity index (χ0v) is 19.2. The highest BCUT2D eigenvalue weighted by atomic mass is 16.3. The highest BCUT2D eigenvalue weighted by Crippen LogP contribution is 2.60. The first-order chi connectivity index (χ1) is 14.1. The number of rotatable bonds is 6. The summed E-state index contributed by atoms with van der Waals surface area (Å²) in [5, 5.41) is 30.6. The number of hydrogen-bond donors (Lipinski definition) is 3. The van der Waals surface area contributed by atoms with Crippen molar-refractivity contribution in [3.05, 3.63) is 47.6 Å². The van der Waals surface area contributed by atoms with Crippen LogP contribution in [0.4, 0.5) is 0 Å². The lowest BCUT2D eigenvalue weighted by molar-refractivity contribution is 0.0641. The number of hydrogen-bond acceptors (Lipinski definition) is 3. The van der Waals surface area contributed by atoms with E-state index in [9.17, 15) is 15.3 Å². The second-order valence-electron chi connectivity index (χ2n) is 10.7. The lowest BCUT2D eigenvalue weighted by atomic mass is 9.60. The highest BCUT2D eigenvalue weighted by molar-refractivity contribution is 5.38. The molecule has 3 nitrogen and oxygen atoms in total. The zero-order valence-electron chi connectivity index (χ0n) is 19.2. The Morgan fingerprint density at radius 2 is 2.00 bits per heavy atom. The van der Waals surface area contributed by atoms with Gasteiger partial charge in [-0.25, -0.2) is 0 Å². The number of fused-ring (bicyclic) bond motifs is 1. The Kier molecular flexibility index (Phi) is 7.48. The molecule has 3 fully saturated rings. The molecule has 0 amide bonds. The molecule has 3 rings (SSSR count). The van der Waals surface area contributed by atoms with Gasteiger partial charge in [-0.1, -0.05) is 43.7 Å². The maximum atomic E-state index is 10.4. The average Bonchev–Trinajstić information content (AvgIpc) is 3.00. The summed E-state index contributed by atoms with van der Waals surface area (Å²) >= 11 is 0. The van der Waals surface area contributed by atoms with Gasteiger partial charge in [-0.2, -0.15) is 0 Å². The molecule has 0 spiro atoms. The smallest absolute Gasteiger partial charge is 0.0811 e. The largest absolute Gasteiger partial charge is 0.393 e. The summed E-state index contributed by atoms with van der Waals surface area (Å²) in [4.78, 5) is 0. The second-order valence-corrected chi connectivity index (χ2v) is 10.7. The molecule has 3 N–H and O–H groups in total. The van der Waals surface area contributed by atoms with Crippen molar-refractivity contribution in [1.82, 2.24) is 0 Å². The molecule has 0 heterocycles. The van der Waals surface area contributed by atoms with E-state index < -0.39 is 12.2 Å². The summed E-state index contributed by atoms with van der Waals surface area (Å²) < 4.78 is 0. The van der Waals surface area contributed by atoms with Crippen LogP contribution in [0.5, 0.6) is 0 Å². The van der Waals surface area contributed by atoms with Gasteiger partial charge in [0.05, 0.1) is 18.3 Å². The minimum atomic E-state index is -0.627. The normalized spacial score (nSPS) is 39.2. The van der Waals surface area contributed by atoms with Crippen LogP contribution in [0.15, 0.2) is 47.6 Å². The van der Waals surface area contributed by atoms with E-state index in [1.165, 1.54) is 31.3 Å². The van der Waals surface area contributed by atoms with Crippen LogP contribution < -0.4 is 0 Å². The van der Waals surface area contributed by atoms with Crippen LogP contribution in [-0.2, 0) is 0 Å². The molecule has 0 saturated heterocycles. The van der Waals surface area contributed by atoms with Gasteiger partial charge in [0.1, 0.15) is 0 Å². The molecule has 7 atom stereocenters. The monoisotopic (exact) mass is 414 g/mol. The van der Waals surface area contributed by atoms with Crippen LogP contribution in [0.3, 0.4) is 0 Å². The Morgan fingerprint density at radius 1 is 1.27 bits per heavy atom. The van der Waals surface area contributed by atoms with Gasteiger partial charge in [-0.15, -0.1) is 6.58 Å². The van der Waals surface area contributed by atoms with Gasteiger partial charge < -0.3 is 15.3 Å². The quantitative estimate of drug-likeness (QED) is 0.504. The summed E-state index contributed by atoms with van der Waals surface area (Å²) in [6.45, 7) is 14.8. The maximum Gasteiger partial charge on any atom is 0.0811 e. The first-order valence-corrected chi connectivity index (χ1v) is 11.9. The minimum absolute atomic E-state index is 0.279. The highest BCUT2D eigenvalue weighted by Gasteiger charge is 2.50. The predicted octanol–water partition coefficient (Wildman–Crippen LogP) is 5.48. The van der Waals surface area contributed by atoms with E-state index in [0.717, 1.165) is 29.6 Å². The van der Waals surface area contributed by atoms with Crippen molar-refractivity contribution in [3.8, 4) is 0 Å². The van der Waals surface area contributed by atoms with Gasteiger partial charge in [-0.3, -0.25) is 0 Å². The standard InChI is InChI=1S/C27H42O3/c1-17(2)13-22(28)14-18(3)24-10-11-25-20(7-6-12-27(24,25)5)8-9-21-15-23(29)16-26(30)19(21)4/h8-9,18,22-26,28-30H,1,4,6-7,10-16H2,2-3,5H3/b20-8+,21-9-/t18-,22+,23-,24-,25+,26+,27-/m1/s1. The average molecular weight is 415 g/mol. The molecular weight excluding hydrogens is 372 g/mol. The van der Waals surface area contributed by atoms with Gasteiger partial charge in [0.2, 0.25) is 0 Å². The van der Waals surface area contributed by atoms with Gasteiger partial charge in [0, 0.05) is 6.42 Å². The fraction of sp³-hybridized carbons (Fsp3) is 0.704. The molecule has 0 aromatic rings. The Morgan fingerprint density at radius 3 is 2.70 bits per heavy atom. The van der Waals surface area contributed by atoms with Crippen molar-refractivity contribution >= 4 is 0 Å². The lowest BCUT2D eigenvalue weighted by Crippen LogP contribution is -2.36. The number of aliphatic hydroxyl groups is 3. The molecule has 0 aliphatic heterocycles. The van der Waals surface area contributed by atoms with Crippen LogP contribution >= 0.6 is 0 Å². The second kappa shape index (κ2) is 9.54. The van der Waals surface area contributed by atoms with E-state index >= 15 is 0 Å². The van der Waals surface area contributed by atoms with Crippen LogP contribution in [0.2, 0.25) is 0 Å². The fourth-order valence-corrected chi connectivity index (χ4v) is 6.76. The Bertz CT molecular complexity index is 718. The third kappa shape index (κ3) is 5.00. The van der Waals surface area contributed by atoms with Gasteiger partial charge in [0.25, 0.3) is 0 Å². The number of aliphatic hydroxyl groups excluding tert-OH is 3. The molecule has 3 aliphatic rings. The topological polar surface area (TPSA) is 60.7 Å². The van der Waals surface area contributed by atoms with Gasteiger partial charge in [0.15, 0.2) is 0 Å². The molecule has 0 aromatic carbocycles. The van der Waals surface area contributed by atoms with Gasteiger partial charge in [-0.05, 0) is 92.6 Å². The SMILES string of the molecule is C=C(C)C[C@H](O)C[C@@H](C)[C@H]1CC[C@H]2/C(=C/C=C3/C[C@@H](O)C[C@H](O)C3=C)CCC[C@]12C. The molecule has 30 heavy (non-hydrogen) atoms. The molecule has 0 unspecified atom stereocenters. The molecule has 3 aliphatic carbocycles. The molecule has 168 valence electrons. The van der Waals surface area contributed by atoms with Crippen LogP contribution in [0.25, 0.3) is 0 Å². The molecular formula is C27H42O3. The van der Waals surface area contributed by atoms with Crippen molar-refractivity contribution in [2.45, 2.75) is 96.9 Å². The summed E-state index contributed by atoms with van der Waals surface area (Å²) in [5.74, 6) is 1.75. The summed E-state index contributed by atoms with van der Waals surface area (Å²) in [6, 6.07) is 0. The van der Waals surface area contributed by atoms with E-state index in [-0.39, 0.29) is 6.10 Å². The van der Waals surface area contributed by atoms with Crippen LogP contribution in [-0.4, -0.2) is 33.6 Å². The summed E-state index contributed by atoms with van der Waals surface area (Å²) in [6.07, 6.45) is 11.6. The van der Waals surface area contributed by atoms with Crippen molar-refractivity contribution in [2.75, 3.05) is 0 Å². The molecule has 0 radical (unpaired) electrons. The molecule has 3 saturated carbocycles. The van der Waals surface area contributed by atoms with E-state index in [1.807, 2.05) is 6.92 Å². The number of allylic oxidation sites excluding steroid dienone is 3. The first kappa shape index (κ1) is 23.5. The molecule has 0 bridgehead atoms. The van der Waals surface area contributed by atoms with Crippen molar-refractivity contribution in [2.24, 2.45) is 23.2 Å². The molecule has 3 heteroatoms. The van der Waals surface area contributed by atoms with Crippen molar-refractivity contribution < 1.29 is 15.3 Å². The van der Waals surface area contributed by atoms with Crippen LogP contribution in [0.1, 0.15) is 78.6 Å². The van der Waals surface area contributed by atoms with Crippen molar-refractivity contribution in [1.29, 1.82) is 0 Å². The van der Waals surface area contributed by atoms with Gasteiger partial charge >= 0.3 is 0 Å². The fourth-order valence-electron chi connectivity index (χ4n) is 6.76. The van der Waals surface area contributed by atoms with E-state index in [0.29, 0.717) is 42.4 Å². The van der Waals surface area contributed by atoms with Crippen molar-refractivity contribution in [3.63, 3.8) is 0 Å². The lowest BCUT2D eigenvalue weighted by Gasteiger charge is -2.44.